The smallest absolute Gasteiger partial charge is 0.142 e. The zero-order valence-corrected chi connectivity index (χ0v) is 10.9. The average molecular weight is 275 g/mol. The van der Waals surface area contributed by atoms with Crippen molar-refractivity contribution >= 4 is 28.7 Å². The van der Waals surface area contributed by atoms with E-state index in [1.54, 1.807) is 37.4 Å². The predicted octanol–water partition coefficient (Wildman–Crippen LogP) is 5.03. The lowest BCUT2D eigenvalue weighted by molar-refractivity contribution is 0.417. The minimum atomic E-state index is 0.501. The van der Waals surface area contributed by atoms with Gasteiger partial charge in [0.1, 0.15) is 5.75 Å². The molecule has 0 bridgehead atoms. The van der Waals surface area contributed by atoms with Crippen LogP contribution in [0, 0.1) is 0 Å². The van der Waals surface area contributed by atoms with Gasteiger partial charge in [-0.1, -0.05) is 22.8 Å². The van der Waals surface area contributed by atoms with E-state index < -0.39 is 0 Å². The van der Waals surface area contributed by atoms with Crippen molar-refractivity contribution in [3.63, 3.8) is 0 Å². The quantitative estimate of drug-likeness (QED) is 0.482. The summed E-state index contributed by atoms with van der Waals surface area (Å²) < 4.78 is 5.26. The third-order valence-corrected chi connectivity index (χ3v) is 2.72. The van der Waals surface area contributed by atoms with Crippen LogP contribution in [0.4, 0.5) is 17.1 Å². The van der Waals surface area contributed by atoms with Gasteiger partial charge in [0.2, 0.25) is 0 Å². The highest BCUT2D eigenvalue weighted by molar-refractivity contribution is 6.30. The van der Waals surface area contributed by atoms with Gasteiger partial charge in [-0.2, -0.15) is 0 Å². The van der Waals surface area contributed by atoms with Crippen LogP contribution in [0.25, 0.3) is 10.4 Å². The molecule has 0 saturated carbocycles. The molecule has 0 aromatic heterocycles. The number of azide groups is 1. The molecule has 6 heteroatoms. The Morgan fingerprint density at radius 2 is 1.95 bits per heavy atom. The van der Waals surface area contributed by atoms with Crippen LogP contribution in [-0.2, 0) is 0 Å². The Bertz CT molecular complexity index is 621. The highest BCUT2D eigenvalue weighted by Crippen LogP contribution is 2.32. The number of methoxy groups -OCH3 is 1. The fourth-order valence-electron chi connectivity index (χ4n) is 1.59. The molecular formula is C13H11ClN4O. The van der Waals surface area contributed by atoms with Gasteiger partial charge in [0, 0.05) is 21.3 Å². The minimum Gasteiger partial charge on any atom is -0.495 e. The monoisotopic (exact) mass is 274 g/mol. The highest BCUT2D eigenvalue weighted by atomic mass is 35.5. The zero-order chi connectivity index (χ0) is 13.7. The number of benzene rings is 2. The maximum absolute atomic E-state index is 8.40. The van der Waals surface area contributed by atoms with E-state index in [1.165, 1.54) is 0 Å². The molecule has 0 fully saturated rings. The zero-order valence-electron chi connectivity index (χ0n) is 10.2. The summed E-state index contributed by atoms with van der Waals surface area (Å²) in [6.07, 6.45) is 0. The van der Waals surface area contributed by atoms with E-state index in [2.05, 4.69) is 15.3 Å². The summed E-state index contributed by atoms with van der Waals surface area (Å²) >= 11 is 5.83. The normalized spacial score (nSPS) is 9.58. The van der Waals surface area contributed by atoms with Crippen molar-refractivity contribution < 1.29 is 4.74 Å². The van der Waals surface area contributed by atoms with Crippen LogP contribution in [0.5, 0.6) is 5.75 Å². The molecule has 0 radical (unpaired) electrons. The second-order valence-electron chi connectivity index (χ2n) is 3.71. The molecule has 0 aliphatic heterocycles. The molecule has 0 atom stereocenters. The molecular weight excluding hydrogens is 264 g/mol. The maximum atomic E-state index is 8.40. The third kappa shape index (κ3) is 3.31. The lowest BCUT2D eigenvalue weighted by Crippen LogP contribution is -1.94. The first kappa shape index (κ1) is 13.1. The Balaban J connectivity index is 2.29. The van der Waals surface area contributed by atoms with Crippen LogP contribution >= 0.6 is 11.6 Å². The summed E-state index contributed by atoms with van der Waals surface area (Å²) in [4.78, 5) is 2.74. The molecule has 96 valence electrons. The molecule has 0 amide bonds. The van der Waals surface area contributed by atoms with Crippen LogP contribution in [-0.4, -0.2) is 7.11 Å². The number of anilines is 2. The van der Waals surface area contributed by atoms with E-state index in [4.69, 9.17) is 21.9 Å². The summed E-state index contributed by atoms with van der Waals surface area (Å²) in [6.45, 7) is 0. The number of halogens is 1. The van der Waals surface area contributed by atoms with Crippen molar-refractivity contribution in [2.75, 3.05) is 12.4 Å². The highest BCUT2D eigenvalue weighted by Gasteiger charge is 2.04. The molecule has 19 heavy (non-hydrogen) atoms. The van der Waals surface area contributed by atoms with Crippen molar-refractivity contribution in [2.24, 2.45) is 5.11 Å². The van der Waals surface area contributed by atoms with Crippen molar-refractivity contribution in [3.05, 3.63) is 57.9 Å². The Morgan fingerprint density at radius 1 is 1.21 bits per heavy atom. The molecule has 1 N–H and O–H groups in total. The molecule has 0 heterocycles. The first-order valence-electron chi connectivity index (χ1n) is 5.48. The molecule has 0 aliphatic carbocycles. The van der Waals surface area contributed by atoms with E-state index in [-0.39, 0.29) is 0 Å². The number of hydrogen-bond acceptors (Lipinski definition) is 3. The molecule has 2 aromatic carbocycles. The van der Waals surface area contributed by atoms with Crippen LogP contribution in [0.2, 0.25) is 5.02 Å². The fraction of sp³-hybridized carbons (Fsp3) is 0.0769. The first-order chi connectivity index (χ1) is 9.22. The van der Waals surface area contributed by atoms with Crippen molar-refractivity contribution in [3.8, 4) is 5.75 Å². The van der Waals surface area contributed by atoms with E-state index >= 15 is 0 Å². The number of nitrogens with zero attached hydrogens (tertiary/aromatic N) is 3. The van der Waals surface area contributed by atoms with Crippen molar-refractivity contribution in [1.29, 1.82) is 0 Å². The van der Waals surface area contributed by atoms with E-state index in [1.807, 2.05) is 12.1 Å². The third-order valence-electron chi connectivity index (χ3n) is 2.47. The van der Waals surface area contributed by atoms with Gasteiger partial charge in [0.25, 0.3) is 0 Å². The predicted molar refractivity (Wildman–Crippen MR) is 76.5 cm³/mol. The van der Waals surface area contributed by atoms with Gasteiger partial charge in [-0.05, 0) is 41.9 Å². The average Bonchev–Trinajstić information content (AvgIpc) is 2.43. The summed E-state index contributed by atoms with van der Waals surface area (Å²) in [6, 6.07) is 12.5. The Labute approximate surface area is 115 Å². The molecule has 0 saturated heterocycles. The first-order valence-corrected chi connectivity index (χ1v) is 5.86. The standard InChI is InChI=1S/C13H11ClN4O/c1-19-13-8-11(17-18-15)6-7-12(13)16-10-4-2-9(14)3-5-10/h2-8,16H,1H3. The number of nitrogens with one attached hydrogen (secondary N) is 1. The number of rotatable bonds is 4. The van der Waals surface area contributed by atoms with Gasteiger partial charge in [-0.25, -0.2) is 0 Å². The van der Waals surface area contributed by atoms with Crippen molar-refractivity contribution in [1.82, 2.24) is 0 Å². The Morgan fingerprint density at radius 3 is 2.58 bits per heavy atom. The fourth-order valence-corrected chi connectivity index (χ4v) is 1.71. The van der Waals surface area contributed by atoms with Gasteiger partial charge >= 0.3 is 0 Å². The molecule has 5 nitrogen and oxygen atoms in total. The molecule has 0 unspecified atom stereocenters. The van der Waals surface area contributed by atoms with E-state index in [9.17, 15) is 0 Å². The largest absolute Gasteiger partial charge is 0.495 e. The molecule has 0 aliphatic rings. The van der Waals surface area contributed by atoms with Gasteiger partial charge in [-0.3, -0.25) is 0 Å². The van der Waals surface area contributed by atoms with E-state index in [0.29, 0.717) is 16.5 Å². The van der Waals surface area contributed by atoms with E-state index in [0.717, 1.165) is 11.4 Å². The van der Waals surface area contributed by atoms with Gasteiger partial charge in [0.15, 0.2) is 0 Å². The SMILES string of the molecule is COc1cc(N=[N+]=[N-])ccc1Nc1ccc(Cl)cc1. The second kappa shape index (κ2) is 6.00. The molecule has 0 spiro atoms. The molecule has 2 rings (SSSR count). The summed E-state index contributed by atoms with van der Waals surface area (Å²) in [5, 5.41) is 7.41. The Kier molecular flexibility index (Phi) is 4.13. The van der Waals surface area contributed by atoms with Gasteiger partial charge in [0.05, 0.1) is 12.8 Å². The maximum Gasteiger partial charge on any atom is 0.142 e. The Hall–Kier alpha value is -2.36. The lowest BCUT2D eigenvalue weighted by atomic mass is 10.2. The lowest BCUT2D eigenvalue weighted by Gasteiger charge is -2.11. The van der Waals surface area contributed by atoms with Crippen LogP contribution in [0.3, 0.4) is 0 Å². The van der Waals surface area contributed by atoms with Crippen LogP contribution in [0.1, 0.15) is 0 Å². The number of ether oxygens (including phenoxy) is 1. The van der Waals surface area contributed by atoms with Crippen molar-refractivity contribution in [2.45, 2.75) is 0 Å². The van der Waals surface area contributed by atoms with Crippen LogP contribution < -0.4 is 10.1 Å². The van der Waals surface area contributed by atoms with Gasteiger partial charge < -0.3 is 10.1 Å². The minimum absolute atomic E-state index is 0.501. The summed E-state index contributed by atoms with van der Waals surface area (Å²) in [5.74, 6) is 0.597. The number of hydrogen-bond donors (Lipinski definition) is 1. The van der Waals surface area contributed by atoms with Crippen LogP contribution in [0.15, 0.2) is 47.6 Å². The summed E-state index contributed by atoms with van der Waals surface area (Å²) in [5.41, 5.74) is 10.6. The second-order valence-corrected chi connectivity index (χ2v) is 4.14. The summed E-state index contributed by atoms with van der Waals surface area (Å²) in [7, 11) is 1.56. The topological polar surface area (TPSA) is 70.0 Å². The van der Waals surface area contributed by atoms with Gasteiger partial charge in [-0.15, -0.1) is 0 Å². The molecule has 2 aromatic rings.